The Hall–Kier alpha value is -0.450. The van der Waals surface area contributed by atoms with Crippen LogP contribution in [-0.4, -0.2) is 11.0 Å². The van der Waals surface area contributed by atoms with E-state index in [4.69, 9.17) is 5.84 Å². The fourth-order valence-electron chi connectivity index (χ4n) is 1.83. The van der Waals surface area contributed by atoms with Crippen molar-refractivity contribution in [3.63, 3.8) is 0 Å². The number of aromatic nitrogens is 1. The summed E-state index contributed by atoms with van der Waals surface area (Å²) in [5.41, 5.74) is 3.98. The first kappa shape index (κ1) is 13.6. The minimum atomic E-state index is 0.300. The van der Waals surface area contributed by atoms with Gasteiger partial charge in [-0.1, -0.05) is 20.3 Å². The van der Waals surface area contributed by atoms with E-state index in [1.54, 1.807) is 0 Å². The average Bonchev–Trinajstić information content (AvgIpc) is 2.28. The fourth-order valence-corrected chi connectivity index (χ4v) is 2.07. The van der Waals surface area contributed by atoms with Crippen LogP contribution in [0.1, 0.15) is 32.4 Å². The average molecular weight is 286 g/mol. The van der Waals surface area contributed by atoms with Gasteiger partial charge in [-0.3, -0.25) is 16.3 Å². The Morgan fingerprint density at radius 1 is 1.50 bits per heavy atom. The first-order chi connectivity index (χ1) is 7.67. The van der Waals surface area contributed by atoms with Crippen molar-refractivity contribution in [1.29, 1.82) is 0 Å². The summed E-state index contributed by atoms with van der Waals surface area (Å²) < 4.78 is 1.01. The lowest BCUT2D eigenvalue weighted by molar-refractivity contribution is 0.354. The Bertz CT molecular complexity index is 300. The van der Waals surface area contributed by atoms with Crippen molar-refractivity contribution in [2.24, 2.45) is 11.8 Å². The Labute approximate surface area is 106 Å². The minimum Gasteiger partial charge on any atom is -0.271 e. The molecule has 16 heavy (non-hydrogen) atoms. The third-order valence-electron chi connectivity index (χ3n) is 2.86. The number of hydrazine groups is 1. The molecule has 0 fully saturated rings. The zero-order chi connectivity index (χ0) is 12.0. The molecule has 1 aromatic heterocycles. The highest BCUT2D eigenvalue weighted by Crippen LogP contribution is 2.15. The number of nitrogens with zero attached hydrogens (tertiary/aromatic N) is 1. The van der Waals surface area contributed by atoms with Crippen molar-refractivity contribution >= 4 is 15.9 Å². The predicted molar refractivity (Wildman–Crippen MR) is 70.8 cm³/mol. The summed E-state index contributed by atoms with van der Waals surface area (Å²) in [6.07, 6.45) is 5.08. The molecule has 0 saturated carbocycles. The summed E-state index contributed by atoms with van der Waals surface area (Å²) in [4.78, 5) is 4.37. The van der Waals surface area contributed by atoms with Gasteiger partial charge < -0.3 is 0 Å². The highest BCUT2D eigenvalue weighted by Gasteiger charge is 2.15. The van der Waals surface area contributed by atoms with Crippen molar-refractivity contribution in [3.05, 3.63) is 28.5 Å². The van der Waals surface area contributed by atoms with Gasteiger partial charge in [-0.25, -0.2) is 0 Å². The lowest BCUT2D eigenvalue weighted by Gasteiger charge is -2.22. The third kappa shape index (κ3) is 4.20. The Morgan fingerprint density at radius 2 is 2.25 bits per heavy atom. The number of nitrogens with one attached hydrogen (secondary N) is 1. The maximum atomic E-state index is 5.59. The van der Waals surface area contributed by atoms with Crippen LogP contribution in [0.25, 0.3) is 0 Å². The Balaban J connectivity index is 2.59. The van der Waals surface area contributed by atoms with E-state index in [2.05, 4.69) is 40.2 Å². The van der Waals surface area contributed by atoms with Crippen LogP contribution >= 0.6 is 15.9 Å². The highest BCUT2D eigenvalue weighted by molar-refractivity contribution is 9.10. The number of hydrogen-bond acceptors (Lipinski definition) is 3. The van der Waals surface area contributed by atoms with Crippen molar-refractivity contribution in [1.82, 2.24) is 10.4 Å². The van der Waals surface area contributed by atoms with E-state index in [1.807, 2.05) is 18.3 Å². The second-order valence-corrected chi connectivity index (χ2v) is 5.13. The Kier molecular flexibility index (Phi) is 5.95. The maximum Gasteiger partial charge on any atom is 0.0420 e. The van der Waals surface area contributed by atoms with Crippen molar-refractivity contribution in [2.45, 2.75) is 39.2 Å². The van der Waals surface area contributed by atoms with Crippen LogP contribution in [0.4, 0.5) is 0 Å². The van der Waals surface area contributed by atoms with Crippen LogP contribution in [-0.2, 0) is 6.42 Å². The van der Waals surface area contributed by atoms with Gasteiger partial charge in [0.2, 0.25) is 0 Å². The molecule has 3 nitrogen and oxygen atoms in total. The summed E-state index contributed by atoms with van der Waals surface area (Å²) >= 11 is 3.38. The first-order valence-electron chi connectivity index (χ1n) is 5.74. The molecule has 1 aromatic rings. The molecular weight excluding hydrogens is 266 g/mol. The second kappa shape index (κ2) is 6.99. The molecule has 1 rings (SSSR count). The first-order valence-corrected chi connectivity index (χ1v) is 6.53. The molecular formula is C12H20BrN3. The molecule has 2 atom stereocenters. The monoisotopic (exact) mass is 285 g/mol. The van der Waals surface area contributed by atoms with Crippen LogP contribution < -0.4 is 11.3 Å². The normalized spacial score (nSPS) is 14.8. The molecule has 0 saturated heterocycles. The summed E-state index contributed by atoms with van der Waals surface area (Å²) in [5.74, 6) is 6.16. The standard InChI is InChI=1S/C12H20BrN3/c1-3-4-9(2)12(16-14)7-11-6-5-10(13)8-15-11/h5-6,8-9,12,16H,3-4,7,14H2,1-2H3. The molecule has 0 bridgehead atoms. The summed E-state index contributed by atoms with van der Waals surface area (Å²) in [6.45, 7) is 4.43. The number of pyridine rings is 1. The SMILES string of the molecule is CCCC(C)C(Cc1ccc(Br)cn1)NN. The minimum absolute atomic E-state index is 0.300. The fraction of sp³-hybridized carbons (Fsp3) is 0.583. The smallest absolute Gasteiger partial charge is 0.0420 e. The van der Waals surface area contributed by atoms with Crippen LogP contribution in [0.15, 0.2) is 22.8 Å². The molecule has 4 heteroatoms. The van der Waals surface area contributed by atoms with E-state index in [-0.39, 0.29) is 0 Å². The van der Waals surface area contributed by atoms with E-state index >= 15 is 0 Å². The molecule has 2 unspecified atom stereocenters. The van der Waals surface area contributed by atoms with Gasteiger partial charge in [0.15, 0.2) is 0 Å². The maximum absolute atomic E-state index is 5.59. The molecule has 0 aliphatic rings. The highest BCUT2D eigenvalue weighted by atomic mass is 79.9. The van der Waals surface area contributed by atoms with Gasteiger partial charge in [0, 0.05) is 28.8 Å². The van der Waals surface area contributed by atoms with Crippen LogP contribution in [0.5, 0.6) is 0 Å². The lowest BCUT2D eigenvalue weighted by atomic mass is 9.93. The Morgan fingerprint density at radius 3 is 2.75 bits per heavy atom. The summed E-state index contributed by atoms with van der Waals surface area (Å²) in [7, 11) is 0. The number of halogens is 1. The van der Waals surface area contributed by atoms with E-state index in [0.717, 1.165) is 16.6 Å². The van der Waals surface area contributed by atoms with E-state index in [9.17, 15) is 0 Å². The number of rotatable bonds is 6. The van der Waals surface area contributed by atoms with Gasteiger partial charge in [-0.05, 0) is 40.4 Å². The van der Waals surface area contributed by atoms with Crippen LogP contribution in [0.3, 0.4) is 0 Å². The van der Waals surface area contributed by atoms with Crippen LogP contribution in [0.2, 0.25) is 0 Å². The predicted octanol–water partition coefficient (Wildman–Crippen LogP) is 2.65. The molecule has 0 aromatic carbocycles. The molecule has 0 spiro atoms. The van der Waals surface area contributed by atoms with Gasteiger partial charge in [0.25, 0.3) is 0 Å². The topological polar surface area (TPSA) is 50.9 Å². The van der Waals surface area contributed by atoms with Gasteiger partial charge in [0.1, 0.15) is 0 Å². The molecule has 0 aliphatic heterocycles. The molecule has 1 heterocycles. The second-order valence-electron chi connectivity index (χ2n) is 4.21. The molecule has 0 radical (unpaired) electrons. The van der Waals surface area contributed by atoms with Gasteiger partial charge in [0.05, 0.1) is 0 Å². The third-order valence-corrected chi connectivity index (χ3v) is 3.33. The van der Waals surface area contributed by atoms with Gasteiger partial charge in [-0.15, -0.1) is 0 Å². The van der Waals surface area contributed by atoms with Crippen molar-refractivity contribution < 1.29 is 0 Å². The molecule has 90 valence electrons. The van der Waals surface area contributed by atoms with Crippen molar-refractivity contribution in [2.75, 3.05) is 0 Å². The van der Waals surface area contributed by atoms with Gasteiger partial charge in [-0.2, -0.15) is 0 Å². The molecule has 3 N–H and O–H groups in total. The van der Waals surface area contributed by atoms with E-state index in [0.29, 0.717) is 12.0 Å². The lowest BCUT2D eigenvalue weighted by Crippen LogP contribution is -2.41. The number of nitrogens with two attached hydrogens (primary N) is 1. The van der Waals surface area contributed by atoms with Gasteiger partial charge >= 0.3 is 0 Å². The van der Waals surface area contributed by atoms with E-state index in [1.165, 1.54) is 12.8 Å². The number of hydrogen-bond donors (Lipinski definition) is 2. The molecule has 0 amide bonds. The zero-order valence-electron chi connectivity index (χ0n) is 9.91. The summed E-state index contributed by atoms with van der Waals surface area (Å²) in [5, 5.41) is 0. The largest absolute Gasteiger partial charge is 0.271 e. The molecule has 0 aliphatic carbocycles. The zero-order valence-corrected chi connectivity index (χ0v) is 11.5. The van der Waals surface area contributed by atoms with Crippen LogP contribution in [0, 0.1) is 5.92 Å². The van der Waals surface area contributed by atoms with E-state index < -0.39 is 0 Å². The van der Waals surface area contributed by atoms with Crippen molar-refractivity contribution in [3.8, 4) is 0 Å². The summed E-state index contributed by atoms with van der Waals surface area (Å²) in [6, 6.07) is 4.35. The quantitative estimate of drug-likeness (QED) is 0.624.